The number of hydrogen-bond acceptors (Lipinski definition) is 2. The lowest BCUT2D eigenvalue weighted by atomic mass is 10.1. The van der Waals surface area contributed by atoms with Crippen LogP contribution in [0.25, 0.3) is 0 Å². The fraction of sp³-hybridized carbons (Fsp3) is 0.250. The van der Waals surface area contributed by atoms with Crippen LogP contribution in [0.15, 0.2) is 48.5 Å². The number of aliphatic hydroxyl groups is 1. The van der Waals surface area contributed by atoms with Crippen LogP contribution in [0.5, 0.6) is 5.75 Å². The third kappa shape index (κ3) is 3.55. The Balaban J connectivity index is 2.09. The Bertz CT molecular complexity index is 526. The molecule has 2 aromatic carbocycles. The van der Waals surface area contributed by atoms with E-state index in [2.05, 4.69) is 0 Å². The molecule has 0 aliphatic carbocycles. The van der Waals surface area contributed by atoms with Gasteiger partial charge in [0, 0.05) is 5.56 Å². The van der Waals surface area contributed by atoms with Crippen LogP contribution in [0.1, 0.15) is 30.6 Å². The van der Waals surface area contributed by atoms with Crippen molar-refractivity contribution >= 4 is 0 Å². The minimum atomic E-state index is -0.791. The van der Waals surface area contributed by atoms with E-state index in [1.54, 1.807) is 12.1 Å². The zero-order valence-electron chi connectivity index (χ0n) is 10.8. The Hall–Kier alpha value is -1.87. The standard InChI is InChI=1S/C16H17FO2/c1-2-16(18)14-10-13(8-9-15(14)17)19-11-12-6-4-3-5-7-12/h3-10,16,18H,2,11H2,1H3. The molecule has 2 nitrogen and oxygen atoms in total. The van der Waals surface area contributed by atoms with E-state index in [-0.39, 0.29) is 5.56 Å². The molecule has 1 atom stereocenters. The predicted octanol–water partition coefficient (Wildman–Crippen LogP) is 3.85. The Morgan fingerprint density at radius 1 is 1.16 bits per heavy atom. The molecule has 2 aromatic rings. The molecular weight excluding hydrogens is 243 g/mol. The van der Waals surface area contributed by atoms with Gasteiger partial charge in [0.25, 0.3) is 0 Å². The Labute approximate surface area is 112 Å². The maximum atomic E-state index is 13.6. The van der Waals surface area contributed by atoms with Crippen LogP contribution in [0, 0.1) is 5.82 Å². The summed E-state index contributed by atoms with van der Waals surface area (Å²) in [5, 5.41) is 9.72. The van der Waals surface area contributed by atoms with E-state index in [1.807, 2.05) is 37.3 Å². The quantitative estimate of drug-likeness (QED) is 0.884. The first kappa shape index (κ1) is 13.6. The molecule has 0 heterocycles. The monoisotopic (exact) mass is 260 g/mol. The second kappa shape index (κ2) is 6.34. The van der Waals surface area contributed by atoms with Gasteiger partial charge < -0.3 is 9.84 Å². The van der Waals surface area contributed by atoms with E-state index in [1.165, 1.54) is 6.07 Å². The maximum Gasteiger partial charge on any atom is 0.129 e. The van der Waals surface area contributed by atoms with Gasteiger partial charge in [-0.05, 0) is 30.2 Å². The molecule has 0 saturated heterocycles. The van der Waals surface area contributed by atoms with E-state index < -0.39 is 11.9 Å². The van der Waals surface area contributed by atoms with Crippen molar-refractivity contribution in [2.75, 3.05) is 0 Å². The van der Waals surface area contributed by atoms with Crippen LogP contribution in [-0.2, 0) is 6.61 Å². The lowest BCUT2D eigenvalue weighted by Gasteiger charge is -2.12. The number of rotatable bonds is 5. The zero-order chi connectivity index (χ0) is 13.7. The fourth-order valence-electron chi connectivity index (χ4n) is 1.83. The molecule has 0 aromatic heterocycles. The molecule has 100 valence electrons. The van der Waals surface area contributed by atoms with Crippen LogP contribution in [0.2, 0.25) is 0 Å². The summed E-state index contributed by atoms with van der Waals surface area (Å²) in [4.78, 5) is 0. The Morgan fingerprint density at radius 2 is 1.89 bits per heavy atom. The van der Waals surface area contributed by atoms with Gasteiger partial charge in [-0.1, -0.05) is 37.3 Å². The third-order valence-electron chi connectivity index (χ3n) is 2.96. The maximum absolute atomic E-state index is 13.6. The Morgan fingerprint density at radius 3 is 2.58 bits per heavy atom. The molecule has 0 spiro atoms. The molecular formula is C16H17FO2. The highest BCUT2D eigenvalue weighted by molar-refractivity contribution is 5.31. The largest absolute Gasteiger partial charge is 0.489 e. The first-order chi connectivity index (χ1) is 9.20. The van der Waals surface area contributed by atoms with Crippen LogP contribution in [-0.4, -0.2) is 5.11 Å². The smallest absolute Gasteiger partial charge is 0.129 e. The van der Waals surface area contributed by atoms with Crippen LogP contribution < -0.4 is 4.74 Å². The molecule has 1 N–H and O–H groups in total. The molecule has 1 unspecified atom stereocenters. The van der Waals surface area contributed by atoms with Crippen molar-refractivity contribution in [2.24, 2.45) is 0 Å². The van der Waals surface area contributed by atoms with Crippen LogP contribution in [0.3, 0.4) is 0 Å². The first-order valence-electron chi connectivity index (χ1n) is 6.35. The average molecular weight is 260 g/mol. The van der Waals surface area contributed by atoms with Crippen molar-refractivity contribution in [3.8, 4) is 5.75 Å². The fourth-order valence-corrected chi connectivity index (χ4v) is 1.83. The minimum absolute atomic E-state index is 0.285. The number of halogens is 1. The normalized spacial score (nSPS) is 12.2. The topological polar surface area (TPSA) is 29.5 Å². The van der Waals surface area contributed by atoms with Gasteiger partial charge in [0.2, 0.25) is 0 Å². The van der Waals surface area contributed by atoms with Crippen molar-refractivity contribution in [2.45, 2.75) is 26.1 Å². The SMILES string of the molecule is CCC(O)c1cc(OCc2ccccc2)ccc1F. The molecule has 19 heavy (non-hydrogen) atoms. The first-order valence-corrected chi connectivity index (χ1v) is 6.35. The van der Waals surface area contributed by atoms with Gasteiger partial charge in [0.15, 0.2) is 0 Å². The lowest BCUT2D eigenvalue weighted by molar-refractivity contribution is 0.168. The highest BCUT2D eigenvalue weighted by Crippen LogP contribution is 2.25. The molecule has 0 aliphatic rings. The highest BCUT2D eigenvalue weighted by Gasteiger charge is 2.12. The van der Waals surface area contributed by atoms with Gasteiger partial charge >= 0.3 is 0 Å². The molecule has 0 radical (unpaired) electrons. The number of aliphatic hydroxyl groups excluding tert-OH is 1. The molecule has 3 heteroatoms. The number of ether oxygens (including phenoxy) is 1. The summed E-state index contributed by atoms with van der Waals surface area (Å²) in [6, 6.07) is 14.2. The molecule has 2 rings (SSSR count). The van der Waals surface area contributed by atoms with Crippen LogP contribution >= 0.6 is 0 Å². The molecule has 0 amide bonds. The van der Waals surface area contributed by atoms with Gasteiger partial charge in [-0.15, -0.1) is 0 Å². The summed E-state index contributed by atoms with van der Waals surface area (Å²) in [6.45, 7) is 2.23. The molecule has 0 bridgehead atoms. The minimum Gasteiger partial charge on any atom is -0.489 e. The molecule has 0 saturated carbocycles. The summed E-state index contributed by atoms with van der Waals surface area (Å²) < 4.78 is 19.2. The highest BCUT2D eigenvalue weighted by atomic mass is 19.1. The number of benzene rings is 2. The second-order valence-corrected chi connectivity index (χ2v) is 4.38. The summed E-state index contributed by atoms with van der Waals surface area (Å²) in [6.07, 6.45) is -0.320. The van der Waals surface area contributed by atoms with Gasteiger partial charge in [0.1, 0.15) is 18.2 Å². The van der Waals surface area contributed by atoms with Crippen molar-refractivity contribution in [3.05, 3.63) is 65.5 Å². The van der Waals surface area contributed by atoms with E-state index in [4.69, 9.17) is 4.74 Å². The Kier molecular flexibility index (Phi) is 4.53. The van der Waals surface area contributed by atoms with Crippen molar-refractivity contribution < 1.29 is 14.2 Å². The molecule has 0 aliphatic heterocycles. The van der Waals surface area contributed by atoms with Gasteiger partial charge in [0.05, 0.1) is 6.10 Å². The van der Waals surface area contributed by atoms with Crippen molar-refractivity contribution in [3.63, 3.8) is 0 Å². The third-order valence-corrected chi connectivity index (χ3v) is 2.96. The van der Waals surface area contributed by atoms with Gasteiger partial charge in [-0.2, -0.15) is 0 Å². The van der Waals surface area contributed by atoms with E-state index in [0.29, 0.717) is 18.8 Å². The summed E-state index contributed by atoms with van der Waals surface area (Å²) in [7, 11) is 0. The van der Waals surface area contributed by atoms with Crippen LogP contribution in [0.4, 0.5) is 4.39 Å². The van der Waals surface area contributed by atoms with Gasteiger partial charge in [-0.25, -0.2) is 4.39 Å². The summed E-state index contributed by atoms with van der Waals surface area (Å²) >= 11 is 0. The predicted molar refractivity (Wildman–Crippen MR) is 72.4 cm³/mol. The van der Waals surface area contributed by atoms with Crippen molar-refractivity contribution in [1.82, 2.24) is 0 Å². The average Bonchev–Trinajstić information content (AvgIpc) is 2.46. The summed E-state index contributed by atoms with van der Waals surface area (Å²) in [5.74, 6) is 0.161. The molecule has 0 fully saturated rings. The lowest BCUT2D eigenvalue weighted by Crippen LogP contribution is -2.01. The zero-order valence-corrected chi connectivity index (χ0v) is 10.8. The second-order valence-electron chi connectivity index (χ2n) is 4.38. The van der Waals surface area contributed by atoms with E-state index >= 15 is 0 Å². The number of hydrogen-bond donors (Lipinski definition) is 1. The van der Waals surface area contributed by atoms with Crippen molar-refractivity contribution in [1.29, 1.82) is 0 Å². The van der Waals surface area contributed by atoms with Gasteiger partial charge in [-0.3, -0.25) is 0 Å². The summed E-state index contributed by atoms with van der Waals surface area (Å²) in [5.41, 5.74) is 1.33. The van der Waals surface area contributed by atoms with E-state index in [0.717, 1.165) is 5.56 Å². The van der Waals surface area contributed by atoms with E-state index in [9.17, 15) is 9.50 Å².